The van der Waals surface area contributed by atoms with E-state index in [1.165, 1.54) is 14.2 Å². The van der Waals surface area contributed by atoms with Crippen molar-refractivity contribution >= 4 is 0 Å². The van der Waals surface area contributed by atoms with Crippen LogP contribution in [0.15, 0.2) is 0 Å². The summed E-state index contributed by atoms with van der Waals surface area (Å²) >= 11 is 0. The first-order valence-electron chi connectivity index (χ1n) is 9.83. The molecule has 3 heterocycles. The van der Waals surface area contributed by atoms with Crippen molar-refractivity contribution in [3.8, 4) is 18.0 Å². The van der Waals surface area contributed by atoms with Gasteiger partial charge in [-0.15, -0.1) is 15.0 Å². The van der Waals surface area contributed by atoms with E-state index in [1.54, 1.807) is 0 Å². The highest BCUT2D eigenvalue weighted by Crippen LogP contribution is 2.30. The summed E-state index contributed by atoms with van der Waals surface area (Å²) in [6.07, 6.45) is -15.9. The van der Waals surface area contributed by atoms with Crippen molar-refractivity contribution in [2.24, 2.45) is 0 Å². The molecule has 33 heavy (non-hydrogen) atoms. The molecule has 0 saturated carbocycles. The molecule has 16 heteroatoms. The van der Waals surface area contributed by atoms with E-state index >= 15 is 0 Å². The Kier molecular flexibility index (Phi) is 8.51. The number of rotatable bonds is 8. The Hall–Kier alpha value is -1.99. The molecule has 0 aromatic carbocycles. The molecule has 0 amide bonds. The molecule has 0 radical (unpaired) electrons. The molecule has 1 aromatic heterocycles. The van der Waals surface area contributed by atoms with E-state index in [0.717, 1.165) is 0 Å². The Balaban J connectivity index is 1.74. The van der Waals surface area contributed by atoms with Crippen LogP contribution in [0.2, 0.25) is 0 Å². The summed E-state index contributed by atoms with van der Waals surface area (Å²) in [5.74, 6) is 0. The standard InChI is InChI=1S/C17H27N3O13/c1-28-15-18-16(29-2)20-17(19-15)33-14-11(27)9(25)12(6(4-22)31-14)32-13-10(26)8(24)7(23)5(3-21)30-13/h5-14,21-27H,3-4H2,1-2H3/t5-,6-,7-,8+,9-,10-,11-,12-,13-,14+/m1/s1. The van der Waals surface area contributed by atoms with Gasteiger partial charge in [-0.3, -0.25) is 0 Å². The lowest BCUT2D eigenvalue weighted by Crippen LogP contribution is -2.65. The first-order valence-corrected chi connectivity index (χ1v) is 9.83. The molecule has 7 N–H and O–H groups in total. The largest absolute Gasteiger partial charge is 0.467 e. The first-order chi connectivity index (χ1) is 15.7. The lowest BCUT2D eigenvalue weighted by Gasteiger charge is -2.45. The zero-order valence-corrected chi connectivity index (χ0v) is 17.6. The molecule has 3 rings (SSSR count). The molecule has 2 saturated heterocycles. The Morgan fingerprint density at radius 1 is 0.667 bits per heavy atom. The molecule has 188 valence electrons. The van der Waals surface area contributed by atoms with Crippen molar-refractivity contribution in [1.82, 2.24) is 15.0 Å². The Bertz CT molecular complexity index is 749. The molecule has 16 nitrogen and oxygen atoms in total. The molecule has 2 aliphatic heterocycles. The predicted molar refractivity (Wildman–Crippen MR) is 100.0 cm³/mol. The Morgan fingerprint density at radius 3 is 1.73 bits per heavy atom. The van der Waals surface area contributed by atoms with Gasteiger partial charge in [0.15, 0.2) is 6.29 Å². The maximum absolute atomic E-state index is 10.6. The van der Waals surface area contributed by atoms with Crippen LogP contribution in [-0.4, -0.2) is 140 Å². The summed E-state index contributed by atoms with van der Waals surface area (Å²) in [6, 6.07) is -0.699. The van der Waals surface area contributed by atoms with Crippen molar-refractivity contribution < 1.29 is 64.2 Å². The smallest absolute Gasteiger partial charge is 0.328 e. The van der Waals surface area contributed by atoms with Crippen LogP contribution in [0.5, 0.6) is 18.0 Å². The number of ether oxygens (including phenoxy) is 6. The third kappa shape index (κ3) is 5.40. The molecule has 2 fully saturated rings. The van der Waals surface area contributed by atoms with Crippen LogP contribution in [0.1, 0.15) is 0 Å². The highest BCUT2D eigenvalue weighted by molar-refractivity contribution is 5.09. The van der Waals surface area contributed by atoms with E-state index < -0.39 is 74.6 Å². The number of methoxy groups -OCH3 is 2. The predicted octanol–water partition coefficient (Wildman–Crippen LogP) is -5.11. The summed E-state index contributed by atoms with van der Waals surface area (Å²) < 4.78 is 31.3. The second kappa shape index (κ2) is 11.0. The monoisotopic (exact) mass is 481 g/mol. The van der Waals surface area contributed by atoms with Crippen molar-refractivity contribution in [3.05, 3.63) is 0 Å². The van der Waals surface area contributed by atoms with Gasteiger partial charge < -0.3 is 64.2 Å². The van der Waals surface area contributed by atoms with Crippen LogP contribution in [0, 0.1) is 0 Å². The number of nitrogens with zero attached hydrogens (tertiary/aromatic N) is 3. The zero-order valence-electron chi connectivity index (χ0n) is 17.6. The SMILES string of the molecule is COc1nc(OC)nc(O[C@@H]2O[C@H](CO)[C@@H](O[C@H]3O[C@H](CO)[C@@H](O)[C@H](O)[C@H]3O)[C@H](O)[C@H]2O)n1. The van der Waals surface area contributed by atoms with Crippen LogP contribution in [0.25, 0.3) is 0 Å². The quantitative estimate of drug-likeness (QED) is 0.184. The molecule has 2 aliphatic rings. The van der Waals surface area contributed by atoms with E-state index in [2.05, 4.69) is 15.0 Å². The average Bonchev–Trinajstić information content (AvgIpc) is 2.83. The summed E-state index contributed by atoms with van der Waals surface area (Å²) in [5, 5.41) is 70.0. The molecule has 1 aromatic rings. The van der Waals surface area contributed by atoms with Crippen LogP contribution >= 0.6 is 0 Å². The van der Waals surface area contributed by atoms with Crippen molar-refractivity contribution in [2.45, 2.75) is 61.4 Å². The van der Waals surface area contributed by atoms with Crippen molar-refractivity contribution in [2.75, 3.05) is 27.4 Å². The van der Waals surface area contributed by atoms with Crippen LogP contribution in [-0.2, 0) is 14.2 Å². The van der Waals surface area contributed by atoms with Gasteiger partial charge >= 0.3 is 18.0 Å². The topological polar surface area (TPSA) is 236 Å². The number of hydrogen-bond donors (Lipinski definition) is 7. The normalized spacial score (nSPS) is 39.2. The average molecular weight is 481 g/mol. The Labute approximate surface area is 186 Å². The van der Waals surface area contributed by atoms with Gasteiger partial charge in [0, 0.05) is 0 Å². The fourth-order valence-electron chi connectivity index (χ4n) is 3.31. The van der Waals surface area contributed by atoms with Gasteiger partial charge in [-0.2, -0.15) is 0 Å². The van der Waals surface area contributed by atoms with Gasteiger partial charge in [-0.25, -0.2) is 0 Å². The molecule has 0 aliphatic carbocycles. The minimum atomic E-state index is -1.77. The third-order valence-corrected chi connectivity index (χ3v) is 5.12. The van der Waals surface area contributed by atoms with Crippen molar-refractivity contribution in [3.63, 3.8) is 0 Å². The maximum atomic E-state index is 10.6. The highest BCUT2D eigenvalue weighted by atomic mass is 16.7. The third-order valence-electron chi connectivity index (χ3n) is 5.12. The second-order valence-electron chi connectivity index (χ2n) is 7.21. The van der Waals surface area contributed by atoms with E-state index in [4.69, 9.17) is 28.4 Å². The van der Waals surface area contributed by atoms with Crippen LogP contribution in [0.3, 0.4) is 0 Å². The molecular formula is C17H27N3O13. The number of aliphatic hydroxyl groups excluding tert-OH is 7. The lowest BCUT2D eigenvalue weighted by molar-refractivity contribution is -0.352. The highest BCUT2D eigenvalue weighted by Gasteiger charge is 2.51. The first kappa shape index (κ1) is 25.6. The van der Waals surface area contributed by atoms with E-state index in [-0.39, 0.29) is 18.0 Å². The second-order valence-corrected chi connectivity index (χ2v) is 7.21. The molecule has 0 unspecified atom stereocenters. The number of aromatic nitrogens is 3. The minimum absolute atomic E-state index is 0.162. The van der Waals surface area contributed by atoms with Gasteiger partial charge in [0.05, 0.1) is 27.4 Å². The fourth-order valence-corrected chi connectivity index (χ4v) is 3.31. The summed E-state index contributed by atoms with van der Waals surface area (Å²) in [7, 11) is 2.58. The molecular weight excluding hydrogens is 454 g/mol. The summed E-state index contributed by atoms with van der Waals surface area (Å²) in [6.45, 7) is -1.43. The number of aliphatic hydroxyl groups is 7. The zero-order chi connectivity index (χ0) is 24.3. The number of hydrogen-bond acceptors (Lipinski definition) is 16. The van der Waals surface area contributed by atoms with E-state index in [0.29, 0.717) is 0 Å². The molecule has 10 atom stereocenters. The summed E-state index contributed by atoms with van der Waals surface area (Å²) in [4.78, 5) is 11.4. The fraction of sp³-hybridized carbons (Fsp3) is 0.824. The van der Waals surface area contributed by atoms with Crippen LogP contribution in [0.4, 0.5) is 0 Å². The van der Waals surface area contributed by atoms with Gasteiger partial charge in [-0.05, 0) is 0 Å². The molecule has 0 bridgehead atoms. The minimum Gasteiger partial charge on any atom is -0.467 e. The van der Waals surface area contributed by atoms with Crippen molar-refractivity contribution in [1.29, 1.82) is 0 Å². The maximum Gasteiger partial charge on any atom is 0.328 e. The van der Waals surface area contributed by atoms with E-state index in [1.807, 2.05) is 0 Å². The summed E-state index contributed by atoms with van der Waals surface area (Å²) in [5.41, 5.74) is 0. The van der Waals surface area contributed by atoms with Gasteiger partial charge in [0.25, 0.3) is 0 Å². The molecule has 0 spiro atoms. The van der Waals surface area contributed by atoms with Gasteiger partial charge in [-0.1, -0.05) is 0 Å². The lowest BCUT2D eigenvalue weighted by atomic mass is 9.97. The van der Waals surface area contributed by atoms with E-state index in [9.17, 15) is 35.7 Å². The van der Waals surface area contributed by atoms with Gasteiger partial charge in [0.2, 0.25) is 6.29 Å². The van der Waals surface area contributed by atoms with Crippen LogP contribution < -0.4 is 14.2 Å². The van der Waals surface area contributed by atoms with Gasteiger partial charge in [0.1, 0.15) is 48.8 Å². The Morgan fingerprint density at radius 2 is 1.18 bits per heavy atom.